The van der Waals surface area contributed by atoms with E-state index < -0.39 is 23.5 Å². The Morgan fingerprint density at radius 2 is 1.51 bits per heavy atom. The number of hydrogen-bond donors (Lipinski definition) is 1. The monoisotopic (exact) mass is 530 g/mol. The summed E-state index contributed by atoms with van der Waals surface area (Å²) in [7, 11) is 0. The van der Waals surface area contributed by atoms with Gasteiger partial charge in [-0.25, -0.2) is 4.79 Å². The normalized spacial score (nSPS) is 17.3. The quantitative estimate of drug-likeness (QED) is 0.431. The third kappa shape index (κ3) is 5.05. The van der Waals surface area contributed by atoms with Crippen LogP contribution in [0, 0.1) is 5.41 Å². The van der Waals surface area contributed by atoms with E-state index >= 15 is 0 Å². The molecule has 0 radical (unpaired) electrons. The van der Waals surface area contributed by atoms with Crippen LogP contribution in [-0.4, -0.2) is 52.5 Å². The second kappa shape index (κ2) is 9.78. The number of aromatic nitrogens is 1. The number of carbonyl (C=O) groups is 2. The van der Waals surface area contributed by atoms with Crippen LogP contribution in [0.2, 0.25) is 5.02 Å². The van der Waals surface area contributed by atoms with Gasteiger partial charge in [0.2, 0.25) is 0 Å². The number of urea groups is 1. The molecular weight excluding hydrogens is 505 g/mol. The molecule has 0 bridgehead atoms. The smallest absolute Gasteiger partial charge is 0.339 e. The van der Waals surface area contributed by atoms with Crippen LogP contribution in [0.5, 0.6) is 0 Å². The van der Waals surface area contributed by atoms with Gasteiger partial charge < -0.3 is 19.7 Å². The molecule has 3 heterocycles. The highest BCUT2D eigenvalue weighted by Gasteiger charge is 2.43. The summed E-state index contributed by atoms with van der Waals surface area (Å²) in [5, 5.41) is 2.22. The van der Waals surface area contributed by atoms with Crippen molar-refractivity contribution in [1.82, 2.24) is 14.4 Å². The summed E-state index contributed by atoms with van der Waals surface area (Å²) in [5.41, 5.74) is -0.123. The summed E-state index contributed by atoms with van der Waals surface area (Å²) in [5.74, 6) is -0.0369. The van der Waals surface area contributed by atoms with Crippen molar-refractivity contribution in [3.8, 4) is 5.69 Å². The number of para-hydroxylation sites is 2. The van der Waals surface area contributed by atoms with Gasteiger partial charge in [-0.05, 0) is 61.1 Å². The topological polar surface area (TPSA) is 57.6 Å². The van der Waals surface area contributed by atoms with Gasteiger partial charge in [0, 0.05) is 38.6 Å². The molecule has 0 atom stereocenters. The van der Waals surface area contributed by atoms with Crippen LogP contribution in [0.1, 0.15) is 35.2 Å². The zero-order chi connectivity index (χ0) is 26.2. The highest BCUT2D eigenvalue weighted by Crippen LogP contribution is 2.42. The van der Waals surface area contributed by atoms with E-state index in [0.717, 1.165) is 18.2 Å². The molecule has 1 N–H and O–H groups in total. The van der Waals surface area contributed by atoms with E-state index in [-0.39, 0.29) is 16.3 Å². The van der Waals surface area contributed by atoms with Gasteiger partial charge in [0.05, 0.1) is 27.5 Å². The van der Waals surface area contributed by atoms with Gasteiger partial charge in [0.25, 0.3) is 5.91 Å². The number of hydrogen-bond acceptors (Lipinski definition) is 2. The molecule has 2 saturated heterocycles. The summed E-state index contributed by atoms with van der Waals surface area (Å²) in [4.78, 5) is 29.7. The van der Waals surface area contributed by atoms with E-state index in [9.17, 15) is 22.8 Å². The zero-order valence-electron chi connectivity index (χ0n) is 20.0. The fourth-order valence-corrected chi connectivity index (χ4v) is 5.54. The lowest BCUT2D eigenvalue weighted by Crippen LogP contribution is -2.45. The van der Waals surface area contributed by atoms with Gasteiger partial charge in [-0.15, -0.1) is 0 Å². The van der Waals surface area contributed by atoms with Gasteiger partial charge in [0.1, 0.15) is 0 Å². The maximum Gasteiger partial charge on any atom is 0.418 e. The predicted molar refractivity (Wildman–Crippen MR) is 135 cm³/mol. The third-order valence-electron chi connectivity index (χ3n) is 7.40. The molecular formula is C27H26ClF3N4O2. The maximum absolute atomic E-state index is 13.4. The summed E-state index contributed by atoms with van der Waals surface area (Å²) >= 11 is 6.00. The molecule has 194 valence electrons. The minimum absolute atomic E-state index is 0.0369. The predicted octanol–water partition coefficient (Wildman–Crippen LogP) is 6.31. The minimum Gasteiger partial charge on any atom is -0.339 e. The average Bonchev–Trinajstić information content (AvgIpc) is 3.56. The second-order valence-electron chi connectivity index (χ2n) is 9.66. The van der Waals surface area contributed by atoms with E-state index in [1.165, 1.54) is 12.1 Å². The van der Waals surface area contributed by atoms with Crippen molar-refractivity contribution in [2.24, 2.45) is 5.41 Å². The lowest BCUT2D eigenvalue weighted by molar-refractivity contribution is -0.136. The number of anilines is 1. The largest absolute Gasteiger partial charge is 0.418 e. The molecule has 2 aliphatic heterocycles. The molecule has 0 saturated carbocycles. The number of nitrogens with one attached hydrogen (secondary N) is 1. The van der Waals surface area contributed by atoms with Crippen LogP contribution < -0.4 is 5.32 Å². The van der Waals surface area contributed by atoms with Crippen LogP contribution in [0.4, 0.5) is 23.7 Å². The van der Waals surface area contributed by atoms with Crippen molar-refractivity contribution in [2.45, 2.75) is 25.4 Å². The lowest BCUT2D eigenvalue weighted by Gasteiger charge is -2.39. The van der Waals surface area contributed by atoms with Crippen LogP contribution >= 0.6 is 11.6 Å². The Morgan fingerprint density at radius 1 is 0.865 bits per heavy atom. The average molecular weight is 531 g/mol. The molecule has 6 nitrogen and oxygen atoms in total. The molecule has 3 aromatic rings. The third-order valence-corrected chi connectivity index (χ3v) is 7.72. The number of alkyl halides is 3. The standard InChI is InChI=1S/C27H26ClF3N4O2/c28-21-8-5-7-20(27(29,30)31)23(21)32-25(37)35-17-12-26(18-35)10-15-34(16-11-26)24(36)19-6-1-2-9-22(19)33-13-3-4-14-33/h1-9,13-14H,10-12,15-18H2,(H,32,37). The molecule has 2 fully saturated rings. The fourth-order valence-electron chi connectivity index (χ4n) is 5.32. The first kappa shape index (κ1) is 25.2. The van der Waals surface area contributed by atoms with Gasteiger partial charge >= 0.3 is 12.2 Å². The van der Waals surface area contributed by atoms with E-state index in [4.69, 9.17) is 11.6 Å². The Labute approximate surface area is 217 Å². The van der Waals surface area contributed by atoms with Crippen LogP contribution in [-0.2, 0) is 6.18 Å². The first-order chi connectivity index (χ1) is 17.7. The van der Waals surface area contributed by atoms with Crippen molar-refractivity contribution in [3.05, 3.63) is 83.1 Å². The van der Waals surface area contributed by atoms with Gasteiger partial charge in [-0.3, -0.25) is 4.79 Å². The Morgan fingerprint density at radius 3 is 2.19 bits per heavy atom. The number of halogens is 4. The van der Waals surface area contributed by atoms with Crippen LogP contribution in [0.25, 0.3) is 5.69 Å². The fraction of sp³-hybridized carbons (Fsp3) is 0.333. The number of benzene rings is 2. The van der Waals surface area contributed by atoms with E-state index in [1.807, 2.05) is 58.3 Å². The SMILES string of the molecule is O=C(Nc1c(Cl)cccc1C(F)(F)F)N1CCC2(CCN(C(=O)c3ccccc3-n3cccc3)CC2)C1. The van der Waals surface area contributed by atoms with Crippen LogP contribution in [0.15, 0.2) is 67.0 Å². The Kier molecular flexibility index (Phi) is 6.66. The number of amides is 3. The highest BCUT2D eigenvalue weighted by atomic mass is 35.5. The van der Waals surface area contributed by atoms with E-state index in [0.29, 0.717) is 44.6 Å². The molecule has 2 aliphatic rings. The van der Waals surface area contributed by atoms with Gasteiger partial charge in [-0.2, -0.15) is 13.2 Å². The number of carbonyl (C=O) groups excluding carboxylic acids is 2. The van der Waals surface area contributed by atoms with Gasteiger partial charge in [0.15, 0.2) is 0 Å². The summed E-state index contributed by atoms with van der Waals surface area (Å²) < 4.78 is 42.2. The highest BCUT2D eigenvalue weighted by molar-refractivity contribution is 6.34. The molecule has 3 amide bonds. The summed E-state index contributed by atoms with van der Waals surface area (Å²) in [6.07, 6.45) is 1.32. The van der Waals surface area contributed by atoms with E-state index in [2.05, 4.69) is 5.32 Å². The minimum atomic E-state index is -4.64. The van der Waals surface area contributed by atoms with Crippen molar-refractivity contribution in [2.75, 3.05) is 31.5 Å². The Balaban J connectivity index is 1.23. The maximum atomic E-state index is 13.4. The number of piperidine rings is 1. The summed E-state index contributed by atoms with van der Waals surface area (Å²) in [6.45, 7) is 1.96. The molecule has 0 aliphatic carbocycles. The lowest BCUT2D eigenvalue weighted by atomic mass is 9.77. The van der Waals surface area contributed by atoms with Crippen molar-refractivity contribution < 1.29 is 22.8 Å². The Bertz CT molecular complexity index is 1300. The molecule has 5 rings (SSSR count). The van der Waals surface area contributed by atoms with Crippen molar-refractivity contribution in [1.29, 1.82) is 0 Å². The number of nitrogens with zero attached hydrogens (tertiary/aromatic N) is 3. The van der Waals surface area contributed by atoms with Crippen molar-refractivity contribution >= 4 is 29.2 Å². The first-order valence-corrected chi connectivity index (χ1v) is 12.5. The van der Waals surface area contributed by atoms with E-state index in [1.54, 1.807) is 4.90 Å². The molecule has 2 aromatic carbocycles. The Hall–Kier alpha value is -3.46. The number of rotatable bonds is 3. The molecule has 1 aromatic heterocycles. The molecule has 1 spiro atoms. The summed E-state index contributed by atoms with van der Waals surface area (Å²) in [6, 6.07) is 14.1. The molecule has 10 heteroatoms. The van der Waals surface area contributed by atoms with Crippen molar-refractivity contribution in [3.63, 3.8) is 0 Å². The molecule has 37 heavy (non-hydrogen) atoms. The van der Waals surface area contributed by atoms with Gasteiger partial charge in [-0.1, -0.05) is 29.8 Å². The second-order valence-corrected chi connectivity index (χ2v) is 10.1. The molecule has 0 unspecified atom stereocenters. The first-order valence-electron chi connectivity index (χ1n) is 12.1. The number of likely N-dealkylation sites (tertiary alicyclic amines) is 2. The van der Waals surface area contributed by atoms with Crippen LogP contribution in [0.3, 0.4) is 0 Å². The zero-order valence-corrected chi connectivity index (χ0v) is 20.7.